The molecule has 0 bridgehead atoms. The maximum Gasteiger partial charge on any atom is 0.253 e. The number of halogens is 1. The van der Waals surface area contributed by atoms with Crippen molar-refractivity contribution in [3.63, 3.8) is 0 Å². The van der Waals surface area contributed by atoms with E-state index in [1.807, 2.05) is 29.2 Å². The Kier molecular flexibility index (Phi) is 9.26. The average molecular weight is 408 g/mol. The number of hydrogen-bond acceptors (Lipinski definition) is 3. The molecule has 1 heterocycles. The molecule has 1 aliphatic heterocycles. The topological polar surface area (TPSA) is 61.4 Å². The Morgan fingerprint density at radius 1 is 1.07 bits per heavy atom. The van der Waals surface area contributed by atoms with Crippen molar-refractivity contribution in [3.05, 3.63) is 29.8 Å². The highest BCUT2D eigenvalue weighted by Crippen LogP contribution is 2.25. The van der Waals surface area contributed by atoms with Gasteiger partial charge in [0.2, 0.25) is 5.91 Å². The van der Waals surface area contributed by atoms with Crippen molar-refractivity contribution < 1.29 is 9.59 Å². The Labute approximate surface area is 175 Å². The zero-order valence-electron chi connectivity index (χ0n) is 16.9. The molecule has 0 aromatic heterocycles. The van der Waals surface area contributed by atoms with Crippen LogP contribution in [0.3, 0.4) is 0 Å². The van der Waals surface area contributed by atoms with Crippen molar-refractivity contribution in [2.45, 2.75) is 51.9 Å². The molecule has 1 aromatic carbocycles. The van der Waals surface area contributed by atoms with Crippen molar-refractivity contribution >= 4 is 29.9 Å². The van der Waals surface area contributed by atoms with Crippen molar-refractivity contribution in [1.82, 2.24) is 10.2 Å². The minimum Gasteiger partial charge on any atom is -0.339 e. The molecule has 2 N–H and O–H groups in total. The number of hydrogen-bond donors (Lipinski definition) is 2. The summed E-state index contributed by atoms with van der Waals surface area (Å²) in [5, 5.41) is 6.42. The van der Waals surface area contributed by atoms with Crippen molar-refractivity contribution in [2.24, 2.45) is 11.8 Å². The van der Waals surface area contributed by atoms with Gasteiger partial charge in [0.05, 0.1) is 0 Å². The Hall–Kier alpha value is -1.59. The van der Waals surface area contributed by atoms with Gasteiger partial charge in [-0.3, -0.25) is 9.59 Å². The van der Waals surface area contributed by atoms with E-state index in [4.69, 9.17) is 0 Å². The van der Waals surface area contributed by atoms with E-state index in [1.165, 1.54) is 6.42 Å². The number of benzene rings is 1. The van der Waals surface area contributed by atoms with Crippen LogP contribution in [-0.4, -0.2) is 42.9 Å². The smallest absolute Gasteiger partial charge is 0.253 e. The summed E-state index contributed by atoms with van der Waals surface area (Å²) in [5.74, 6) is 0.957. The molecule has 0 unspecified atom stereocenters. The number of nitrogens with one attached hydrogen (secondary N) is 2. The van der Waals surface area contributed by atoms with Crippen molar-refractivity contribution in [1.29, 1.82) is 0 Å². The first-order valence-corrected chi connectivity index (χ1v) is 10.6. The number of amides is 2. The van der Waals surface area contributed by atoms with E-state index < -0.39 is 0 Å². The Morgan fingerprint density at radius 2 is 1.79 bits per heavy atom. The molecule has 2 fully saturated rings. The van der Waals surface area contributed by atoms with Gasteiger partial charge in [-0.25, -0.2) is 0 Å². The molecular weight excluding hydrogens is 374 g/mol. The van der Waals surface area contributed by atoms with Gasteiger partial charge in [-0.05, 0) is 62.9 Å². The summed E-state index contributed by atoms with van der Waals surface area (Å²) in [4.78, 5) is 27.3. The third kappa shape index (κ3) is 6.21. The summed E-state index contributed by atoms with van der Waals surface area (Å²) in [6.45, 7) is 5.79. The van der Waals surface area contributed by atoms with Gasteiger partial charge >= 0.3 is 0 Å². The van der Waals surface area contributed by atoms with E-state index >= 15 is 0 Å². The number of nitrogens with zero attached hydrogens (tertiary/aromatic N) is 1. The quantitative estimate of drug-likeness (QED) is 0.746. The maximum absolute atomic E-state index is 12.9. The van der Waals surface area contributed by atoms with E-state index in [9.17, 15) is 9.59 Å². The van der Waals surface area contributed by atoms with Gasteiger partial charge in [0.15, 0.2) is 0 Å². The molecule has 2 aliphatic rings. The number of carbonyl (C=O) groups excluding carboxylic acids is 2. The van der Waals surface area contributed by atoms with E-state index in [0.29, 0.717) is 11.5 Å². The number of anilines is 1. The third-order valence-corrected chi connectivity index (χ3v) is 5.94. The van der Waals surface area contributed by atoms with Gasteiger partial charge < -0.3 is 15.5 Å². The van der Waals surface area contributed by atoms with Crippen LogP contribution in [0.5, 0.6) is 0 Å². The molecule has 1 saturated heterocycles. The van der Waals surface area contributed by atoms with Crippen LogP contribution in [0.25, 0.3) is 0 Å². The lowest BCUT2D eigenvalue weighted by molar-refractivity contribution is -0.120. The lowest BCUT2D eigenvalue weighted by atomic mass is 9.88. The van der Waals surface area contributed by atoms with Crippen LogP contribution in [0.15, 0.2) is 24.3 Å². The zero-order chi connectivity index (χ0) is 19.1. The molecule has 1 aliphatic carbocycles. The first kappa shape index (κ1) is 22.7. The van der Waals surface area contributed by atoms with Gasteiger partial charge in [-0.15, -0.1) is 12.4 Å². The summed E-state index contributed by atoms with van der Waals surface area (Å²) in [6, 6.07) is 7.42. The van der Waals surface area contributed by atoms with Crippen LogP contribution >= 0.6 is 12.4 Å². The van der Waals surface area contributed by atoms with Gasteiger partial charge in [0, 0.05) is 30.3 Å². The first-order valence-electron chi connectivity index (χ1n) is 10.6. The SMILES string of the molecule is CCNCC1CCN(C(=O)c2cccc(NC(=O)C3CCCCC3)c2)CC1.Cl. The Balaban J connectivity index is 0.00000280. The van der Waals surface area contributed by atoms with Crippen molar-refractivity contribution in [3.8, 4) is 0 Å². The van der Waals surface area contributed by atoms with Gasteiger partial charge in [0.1, 0.15) is 0 Å². The lowest BCUT2D eigenvalue weighted by Crippen LogP contribution is -2.40. The molecule has 0 spiro atoms. The molecule has 2 amide bonds. The molecule has 6 heteroatoms. The van der Waals surface area contributed by atoms with Crippen LogP contribution < -0.4 is 10.6 Å². The fraction of sp³-hybridized carbons (Fsp3) is 0.636. The van der Waals surface area contributed by atoms with Crippen LogP contribution in [-0.2, 0) is 4.79 Å². The molecule has 1 aromatic rings. The summed E-state index contributed by atoms with van der Waals surface area (Å²) >= 11 is 0. The highest BCUT2D eigenvalue weighted by atomic mass is 35.5. The zero-order valence-corrected chi connectivity index (χ0v) is 17.7. The summed E-state index contributed by atoms with van der Waals surface area (Å²) in [5.41, 5.74) is 1.40. The normalized spacial score (nSPS) is 18.4. The van der Waals surface area contributed by atoms with Crippen LogP contribution in [0, 0.1) is 11.8 Å². The van der Waals surface area contributed by atoms with E-state index in [2.05, 4.69) is 17.6 Å². The average Bonchev–Trinajstić information content (AvgIpc) is 2.73. The minimum absolute atomic E-state index is 0. The van der Waals surface area contributed by atoms with E-state index in [1.54, 1.807) is 0 Å². The molecule has 28 heavy (non-hydrogen) atoms. The molecule has 0 atom stereocenters. The highest BCUT2D eigenvalue weighted by molar-refractivity contribution is 5.97. The molecular formula is C22H34ClN3O2. The van der Waals surface area contributed by atoms with Crippen LogP contribution in [0.1, 0.15) is 62.2 Å². The van der Waals surface area contributed by atoms with Crippen LogP contribution in [0.4, 0.5) is 5.69 Å². The second-order valence-electron chi connectivity index (χ2n) is 7.95. The van der Waals surface area contributed by atoms with Crippen LogP contribution in [0.2, 0.25) is 0 Å². The standard InChI is InChI=1S/C22H33N3O2.ClH/c1-2-23-16-17-11-13-25(14-12-17)22(27)19-9-6-10-20(15-19)24-21(26)18-7-4-3-5-8-18;/h6,9-10,15,17-18,23H,2-5,7-8,11-14,16H2,1H3,(H,24,26);1H. The monoisotopic (exact) mass is 407 g/mol. The molecule has 3 rings (SSSR count). The van der Waals surface area contributed by atoms with Gasteiger partial charge in [-0.1, -0.05) is 32.3 Å². The number of piperidine rings is 1. The number of carbonyl (C=O) groups is 2. The second kappa shape index (κ2) is 11.4. The van der Waals surface area contributed by atoms with Crippen molar-refractivity contribution in [2.75, 3.05) is 31.5 Å². The third-order valence-electron chi connectivity index (χ3n) is 5.94. The molecule has 1 saturated carbocycles. The number of likely N-dealkylation sites (tertiary alicyclic amines) is 1. The fourth-order valence-electron chi connectivity index (χ4n) is 4.21. The summed E-state index contributed by atoms with van der Waals surface area (Å²) < 4.78 is 0. The Morgan fingerprint density at radius 3 is 2.46 bits per heavy atom. The number of rotatable bonds is 6. The predicted molar refractivity (Wildman–Crippen MR) is 116 cm³/mol. The molecule has 0 radical (unpaired) electrons. The highest BCUT2D eigenvalue weighted by Gasteiger charge is 2.24. The van der Waals surface area contributed by atoms with Gasteiger partial charge in [-0.2, -0.15) is 0 Å². The Bertz CT molecular complexity index is 638. The maximum atomic E-state index is 12.9. The summed E-state index contributed by atoms with van der Waals surface area (Å²) in [7, 11) is 0. The minimum atomic E-state index is 0. The van der Waals surface area contributed by atoms with E-state index in [-0.39, 0.29) is 30.1 Å². The molecule has 156 valence electrons. The first-order chi connectivity index (χ1) is 13.2. The van der Waals surface area contributed by atoms with E-state index in [0.717, 1.165) is 70.4 Å². The lowest BCUT2D eigenvalue weighted by Gasteiger charge is -2.32. The fourth-order valence-corrected chi connectivity index (χ4v) is 4.21. The second-order valence-corrected chi connectivity index (χ2v) is 7.95. The largest absolute Gasteiger partial charge is 0.339 e. The summed E-state index contributed by atoms with van der Waals surface area (Å²) in [6.07, 6.45) is 7.58. The molecule has 5 nitrogen and oxygen atoms in total. The van der Waals surface area contributed by atoms with Gasteiger partial charge in [0.25, 0.3) is 5.91 Å². The predicted octanol–water partition coefficient (Wildman–Crippen LogP) is 4.09.